The van der Waals surface area contributed by atoms with Crippen LogP contribution in [-0.2, 0) is 0 Å². The van der Waals surface area contributed by atoms with Crippen molar-refractivity contribution < 1.29 is 18.7 Å². The Morgan fingerprint density at radius 1 is 1.67 bits per heavy atom. The smallest absolute Gasteiger partial charge is 0.288 e. The maximum absolute atomic E-state index is 12.1. The molecule has 0 radical (unpaired) electrons. The van der Waals surface area contributed by atoms with E-state index >= 15 is 0 Å². The summed E-state index contributed by atoms with van der Waals surface area (Å²) in [7, 11) is 0. The third kappa shape index (κ3) is 3.77. The van der Waals surface area contributed by atoms with Crippen LogP contribution in [0.4, 0.5) is 8.78 Å². The Hall–Kier alpha value is -0.660. The molecule has 7 heteroatoms. The first kappa shape index (κ1) is 12.4. The molecule has 0 atom stereocenters. The summed E-state index contributed by atoms with van der Waals surface area (Å²) in [5.41, 5.74) is 0. The van der Waals surface area contributed by atoms with E-state index < -0.39 is 11.7 Å². The molecule has 15 heavy (non-hydrogen) atoms. The number of halogens is 2. The summed E-state index contributed by atoms with van der Waals surface area (Å²) in [5, 5.41) is 12.5. The summed E-state index contributed by atoms with van der Waals surface area (Å²) in [6, 6.07) is 1.48. The van der Waals surface area contributed by atoms with Gasteiger partial charge in [-0.05, 0) is 11.4 Å². The van der Waals surface area contributed by atoms with E-state index in [4.69, 9.17) is 5.11 Å². The lowest BCUT2D eigenvalue weighted by Crippen LogP contribution is -2.25. The lowest BCUT2D eigenvalue weighted by atomic mass is 10.4. The van der Waals surface area contributed by atoms with Crippen molar-refractivity contribution in [2.75, 3.05) is 13.2 Å². The highest BCUT2D eigenvalue weighted by Crippen LogP contribution is 2.31. The number of aliphatic hydroxyl groups excluding tert-OH is 1. The molecule has 0 fully saturated rings. The molecule has 0 bridgehead atoms. The van der Waals surface area contributed by atoms with Gasteiger partial charge in [0.05, 0.1) is 6.61 Å². The van der Waals surface area contributed by atoms with Crippen LogP contribution in [0.25, 0.3) is 0 Å². The van der Waals surface area contributed by atoms with E-state index in [-0.39, 0.29) is 22.9 Å². The molecule has 0 saturated carbocycles. The maximum atomic E-state index is 12.1. The number of nitrogens with one attached hydrogen (secondary N) is 1. The number of hydrogen-bond acceptors (Lipinski definition) is 4. The minimum atomic E-state index is -2.54. The molecule has 0 unspecified atom stereocenters. The van der Waals surface area contributed by atoms with Crippen molar-refractivity contribution in [3.8, 4) is 0 Å². The van der Waals surface area contributed by atoms with Gasteiger partial charge in [-0.15, -0.1) is 11.3 Å². The molecule has 3 nitrogen and oxygen atoms in total. The van der Waals surface area contributed by atoms with Gasteiger partial charge >= 0.3 is 0 Å². The van der Waals surface area contributed by atoms with Gasteiger partial charge in [0.2, 0.25) is 0 Å². The molecule has 0 aliphatic rings. The van der Waals surface area contributed by atoms with Gasteiger partial charge in [-0.1, -0.05) is 11.8 Å². The van der Waals surface area contributed by atoms with E-state index in [1.165, 1.54) is 6.07 Å². The van der Waals surface area contributed by atoms with E-state index in [0.29, 0.717) is 11.8 Å². The molecule has 0 aliphatic heterocycles. The monoisotopic (exact) mass is 253 g/mol. The topological polar surface area (TPSA) is 49.3 Å². The average molecular weight is 253 g/mol. The highest BCUT2D eigenvalue weighted by atomic mass is 32.2. The highest BCUT2D eigenvalue weighted by molar-refractivity contribution is 7.99. The van der Waals surface area contributed by atoms with Crippen LogP contribution in [0.1, 0.15) is 9.67 Å². The zero-order valence-electron chi connectivity index (χ0n) is 7.57. The molecule has 1 aromatic rings. The molecule has 0 aliphatic carbocycles. The SMILES string of the molecule is O=C(NCCO)c1sccc1SC(F)F. The summed E-state index contributed by atoms with van der Waals surface area (Å²) in [6.07, 6.45) is 0. The molecule has 1 rings (SSSR count). The molecular weight excluding hydrogens is 244 g/mol. The Morgan fingerprint density at radius 2 is 2.40 bits per heavy atom. The zero-order chi connectivity index (χ0) is 11.3. The highest BCUT2D eigenvalue weighted by Gasteiger charge is 2.16. The predicted octanol–water partition coefficient (Wildman–Crippen LogP) is 1.78. The quantitative estimate of drug-likeness (QED) is 0.786. The van der Waals surface area contributed by atoms with Crippen LogP contribution >= 0.6 is 23.1 Å². The summed E-state index contributed by atoms with van der Waals surface area (Å²) >= 11 is 1.45. The number of aliphatic hydroxyl groups is 1. The number of thioether (sulfide) groups is 1. The Labute approximate surface area is 93.5 Å². The number of carbonyl (C=O) groups is 1. The van der Waals surface area contributed by atoms with Crippen LogP contribution in [0.15, 0.2) is 16.3 Å². The first-order chi connectivity index (χ1) is 7.15. The second-order valence-corrected chi connectivity index (χ2v) is 4.42. The molecule has 0 saturated heterocycles. The fourth-order valence-electron chi connectivity index (χ4n) is 0.902. The van der Waals surface area contributed by atoms with Crippen LogP contribution in [0, 0.1) is 0 Å². The van der Waals surface area contributed by atoms with E-state index in [2.05, 4.69) is 5.32 Å². The molecule has 1 heterocycles. The van der Waals surface area contributed by atoms with Gasteiger partial charge in [-0.25, -0.2) is 0 Å². The van der Waals surface area contributed by atoms with Crippen LogP contribution in [0.3, 0.4) is 0 Å². The minimum Gasteiger partial charge on any atom is -0.395 e. The third-order valence-corrected chi connectivity index (χ3v) is 3.26. The van der Waals surface area contributed by atoms with Crippen LogP contribution in [0.2, 0.25) is 0 Å². The summed E-state index contributed by atoms with van der Waals surface area (Å²) in [4.78, 5) is 11.9. The molecule has 1 aromatic heterocycles. The number of amides is 1. The normalized spacial score (nSPS) is 10.7. The van der Waals surface area contributed by atoms with Crippen LogP contribution < -0.4 is 5.32 Å². The Balaban J connectivity index is 2.67. The molecule has 2 N–H and O–H groups in total. The van der Waals surface area contributed by atoms with E-state index in [1.54, 1.807) is 5.38 Å². The Kier molecular flexibility index (Phi) is 5.00. The van der Waals surface area contributed by atoms with Crippen molar-refractivity contribution in [3.63, 3.8) is 0 Å². The van der Waals surface area contributed by atoms with Crippen LogP contribution in [0.5, 0.6) is 0 Å². The number of rotatable bonds is 5. The standard InChI is InChI=1S/C8H9F2NO2S2/c9-8(10)15-5-1-4-14-6(5)7(13)11-2-3-12/h1,4,8,12H,2-3H2,(H,11,13). The fraction of sp³-hybridized carbons (Fsp3) is 0.375. The molecule has 84 valence electrons. The van der Waals surface area contributed by atoms with Gasteiger partial charge in [-0.2, -0.15) is 8.78 Å². The van der Waals surface area contributed by atoms with Crippen molar-refractivity contribution in [3.05, 3.63) is 16.3 Å². The lowest BCUT2D eigenvalue weighted by Gasteiger charge is -2.03. The molecular formula is C8H9F2NO2S2. The number of thiophene rings is 1. The molecule has 1 amide bonds. The molecule has 0 aromatic carbocycles. The minimum absolute atomic E-state index is 0.121. The number of alkyl halides is 2. The Morgan fingerprint density at radius 3 is 3.00 bits per heavy atom. The summed E-state index contributed by atoms with van der Waals surface area (Å²) in [6.45, 7) is -0.0516. The lowest BCUT2D eigenvalue weighted by molar-refractivity contribution is 0.0946. The first-order valence-electron chi connectivity index (χ1n) is 4.06. The van der Waals surface area contributed by atoms with Gasteiger partial charge in [0.1, 0.15) is 4.88 Å². The van der Waals surface area contributed by atoms with E-state index in [0.717, 1.165) is 11.3 Å². The van der Waals surface area contributed by atoms with Crippen LogP contribution in [-0.4, -0.2) is 29.9 Å². The average Bonchev–Trinajstić information content (AvgIpc) is 2.61. The Bertz CT molecular complexity index is 330. The maximum Gasteiger partial charge on any atom is 0.288 e. The largest absolute Gasteiger partial charge is 0.395 e. The van der Waals surface area contributed by atoms with Gasteiger partial charge in [-0.3, -0.25) is 4.79 Å². The zero-order valence-corrected chi connectivity index (χ0v) is 9.21. The van der Waals surface area contributed by atoms with Gasteiger partial charge in [0.25, 0.3) is 11.7 Å². The molecule has 0 spiro atoms. The first-order valence-corrected chi connectivity index (χ1v) is 5.82. The van der Waals surface area contributed by atoms with Crippen molar-refractivity contribution in [2.24, 2.45) is 0 Å². The third-order valence-electron chi connectivity index (χ3n) is 1.45. The van der Waals surface area contributed by atoms with Crippen molar-refractivity contribution >= 4 is 29.0 Å². The summed E-state index contributed by atoms with van der Waals surface area (Å²) in [5.74, 6) is -2.97. The van der Waals surface area contributed by atoms with Gasteiger partial charge < -0.3 is 10.4 Å². The van der Waals surface area contributed by atoms with Gasteiger partial charge in [0, 0.05) is 11.4 Å². The predicted molar refractivity (Wildman–Crippen MR) is 55.6 cm³/mol. The van der Waals surface area contributed by atoms with E-state index in [1.807, 2.05) is 0 Å². The second kappa shape index (κ2) is 6.04. The summed E-state index contributed by atoms with van der Waals surface area (Å²) < 4.78 is 24.2. The fourth-order valence-corrected chi connectivity index (χ4v) is 2.52. The number of hydrogen-bond donors (Lipinski definition) is 2. The van der Waals surface area contributed by atoms with E-state index in [9.17, 15) is 13.6 Å². The second-order valence-electron chi connectivity index (χ2n) is 2.47. The van der Waals surface area contributed by atoms with Crippen molar-refractivity contribution in [2.45, 2.75) is 10.7 Å². The number of carbonyl (C=O) groups excluding carboxylic acids is 1. The van der Waals surface area contributed by atoms with Crippen molar-refractivity contribution in [1.29, 1.82) is 0 Å². The van der Waals surface area contributed by atoms with Crippen molar-refractivity contribution in [1.82, 2.24) is 5.32 Å². The van der Waals surface area contributed by atoms with Gasteiger partial charge in [0.15, 0.2) is 0 Å².